The summed E-state index contributed by atoms with van der Waals surface area (Å²) in [6.07, 6.45) is 20.1. The van der Waals surface area contributed by atoms with E-state index < -0.39 is 5.78 Å². The summed E-state index contributed by atoms with van der Waals surface area (Å²) in [4.78, 5) is 34.7. The molecule has 0 spiro atoms. The third kappa shape index (κ3) is 11.7. The number of ketones is 2. The zero-order chi connectivity index (χ0) is 21.2. The van der Waals surface area contributed by atoms with E-state index in [2.05, 4.69) is 6.92 Å². The van der Waals surface area contributed by atoms with E-state index in [1.54, 1.807) is 24.3 Å². The summed E-state index contributed by atoms with van der Waals surface area (Å²) >= 11 is 0. The Bertz CT molecular complexity index is 591. The van der Waals surface area contributed by atoms with Crippen LogP contribution >= 0.6 is 0 Å². The van der Waals surface area contributed by atoms with Gasteiger partial charge >= 0.3 is 0 Å². The molecular weight excluding hydrogens is 360 g/mol. The lowest BCUT2D eigenvalue weighted by molar-refractivity contribution is -0.104. The third-order valence-electron chi connectivity index (χ3n) is 5.61. The maximum Gasteiger partial charge on any atom is 0.226 e. The molecule has 0 aliphatic carbocycles. The Hall–Kier alpha value is -1.77. The van der Waals surface area contributed by atoms with Crippen molar-refractivity contribution in [3.05, 3.63) is 35.4 Å². The van der Waals surface area contributed by atoms with Gasteiger partial charge in [0.25, 0.3) is 0 Å². The Balaban J connectivity index is 1.99. The maximum absolute atomic E-state index is 12.4. The first kappa shape index (κ1) is 25.3. The molecule has 0 N–H and O–H groups in total. The van der Waals surface area contributed by atoms with E-state index >= 15 is 0 Å². The average Bonchev–Trinajstić information content (AvgIpc) is 2.75. The molecule has 0 atom stereocenters. The summed E-state index contributed by atoms with van der Waals surface area (Å²) in [6.45, 7) is 2.26. The summed E-state index contributed by atoms with van der Waals surface area (Å²) < 4.78 is 0. The van der Waals surface area contributed by atoms with Crippen LogP contribution in [0.5, 0.6) is 0 Å². The van der Waals surface area contributed by atoms with Gasteiger partial charge < -0.3 is 0 Å². The highest BCUT2D eigenvalue weighted by molar-refractivity contribution is 6.35. The van der Waals surface area contributed by atoms with Gasteiger partial charge in [0, 0.05) is 17.5 Å². The van der Waals surface area contributed by atoms with Crippen LogP contribution in [0.15, 0.2) is 24.3 Å². The number of carbonyl (C=O) groups is 3. The fourth-order valence-electron chi connectivity index (χ4n) is 3.80. The van der Waals surface area contributed by atoms with Crippen LogP contribution in [-0.2, 0) is 4.79 Å². The normalized spacial score (nSPS) is 10.8. The van der Waals surface area contributed by atoms with Gasteiger partial charge in [0.05, 0.1) is 0 Å². The Kier molecular flexibility index (Phi) is 14.9. The summed E-state index contributed by atoms with van der Waals surface area (Å²) in [7, 11) is 0. The molecule has 3 nitrogen and oxygen atoms in total. The molecule has 3 heteroatoms. The number of benzene rings is 1. The Morgan fingerprint density at radius 2 is 1.07 bits per heavy atom. The van der Waals surface area contributed by atoms with E-state index in [0.717, 1.165) is 12.8 Å². The molecule has 0 aliphatic heterocycles. The number of rotatable bonds is 19. The summed E-state index contributed by atoms with van der Waals surface area (Å²) in [5.41, 5.74) is 0.614. The van der Waals surface area contributed by atoms with Gasteiger partial charge in [-0.3, -0.25) is 14.4 Å². The molecule has 162 valence electrons. The lowest BCUT2D eigenvalue weighted by Crippen LogP contribution is -2.09. The van der Waals surface area contributed by atoms with E-state index in [-0.39, 0.29) is 17.6 Å². The summed E-state index contributed by atoms with van der Waals surface area (Å²) in [5.74, 6) is -0.657. The molecule has 0 radical (unpaired) electrons. The van der Waals surface area contributed by atoms with Crippen molar-refractivity contribution < 1.29 is 14.4 Å². The number of Topliss-reactive ketones (excluding diaryl/α,β-unsaturated/α-hetero) is 2. The van der Waals surface area contributed by atoms with E-state index in [1.807, 2.05) is 0 Å². The first-order valence-corrected chi connectivity index (χ1v) is 11.8. The molecule has 0 aliphatic rings. The molecule has 0 heterocycles. The largest absolute Gasteiger partial charge is 0.294 e. The van der Waals surface area contributed by atoms with Crippen molar-refractivity contribution in [2.75, 3.05) is 0 Å². The second kappa shape index (κ2) is 17.1. The molecule has 0 amide bonds. The van der Waals surface area contributed by atoms with Crippen LogP contribution < -0.4 is 0 Å². The third-order valence-corrected chi connectivity index (χ3v) is 5.61. The van der Waals surface area contributed by atoms with Gasteiger partial charge in [-0.05, 0) is 6.42 Å². The highest BCUT2D eigenvalue weighted by Gasteiger charge is 2.15. The van der Waals surface area contributed by atoms with Gasteiger partial charge in [0.1, 0.15) is 0 Å². The van der Waals surface area contributed by atoms with E-state index in [9.17, 15) is 14.4 Å². The number of aldehydes is 1. The molecule has 0 unspecified atom stereocenters. The summed E-state index contributed by atoms with van der Waals surface area (Å²) in [5, 5.41) is 0. The molecule has 0 bridgehead atoms. The number of hydrogen-bond acceptors (Lipinski definition) is 3. The monoisotopic (exact) mass is 400 g/mol. The Morgan fingerprint density at radius 3 is 1.52 bits per heavy atom. The van der Waals surface area contributed by atoms with Gasteiger partial charge in [-0.15, -0.1) is 0 Å². The fourth-order valence-corrected chi connectivity index (χ4v) is 3.80. The molecule has 1 rings (SSSR count). The van der Waals surface area contributed by atoms with Crippen molar-refractivity contribution >= 4 is 17.9 Å². The highest BCUT2D eigenvalue weighted by Crippen LogP contribution is 2.16. The minimum atomic E-state index is -0.620. The van der Waals surface area contributed by atoms with Crippen LogP contribution in [0.25, 0.3) is 0 Å². The second-order valence-electron chi connectivity index (χ2n) is 8.15. The van der Waals surface area contributed by atoms with Crippen molar-refractivity contribution in [1.29, 1.82) is 0 Å². The van der Waals surface area contributed by atoms with Crippen molar-refractivity contribution in [1.82, 2.24) is 0 Å². The van der Waals surface area contributed by atoms with Crippen molar-refractivity contribution in [2.45, 2.75) is 110 Å². The molecule has 0 aromatic heterocycles. The van der Waals surface area contributed by atoms with E-state index in [4.69, 9.17) is 0 Å². The van der Waals surface area contributed by atoms with Crippen LogP contribution in [0.3, 0.4) is 0 Å². The predicted octanol–water partition coefficient (Wildman–Crippen LogP) is 7.51. The average molecular weight is 401 g/mol. The Labute approximate surface area is 177 Å². The first-order chi connectivity index (χ1) is 14.2. The maximum atomic E-state index is 12.4. The smallest absolute Gasteiger partial charge is 0.226 e. The van der Waals surface area contributed by atoms with Crippen LogP contribution in [0.1, 0.15) is 130 Å². The van der Waals surface area contributed by atoms with Crippen LogP contribution in [0, 0.1) is 0 Å². The number of unbranched alkanes of at least 4 members (excludes halogenated alkanes) is 14. The van der Waals surface area contributed by atoms with Crippen molar-refractivity contribution in [3.8, 4) is 0 Å². The predicted molar refractivity (Wildman–Crippen MR) is 121 cm³/mol. The van der Waals surface area contributed by atoms with Crippen molar-refractivity contribution in [3.63, 3.8) is 0 Å². The van der Waals surface area contributed by atoms with Crippen LogP contribution in [0.2, 0.25) is 0 Å². The summed E-state index contributed by atoms with van der Waals surface area (Å²) in [6, 6.07) is 6.61. The van der Waals surface area contributed by atoms with E-state index in [1.165, 1.54) is 83.5 Å². The van der Waals surface area contributed by atoms with Gasteiger partial charge in [-0.25, -0.2) is 0 Å². The molecule has 29 heavy (non-hydrogen) atoms. The molecular formula is C26H40O3. The molecule has 1 aromatic carbocycles. The van der Waals surface area contributed by atoms with Crippen molar-refractivity contribution in [2.24, 2.45) is 0 Å². The lowest BCUT2D eigenvalue weighted by atomic mass is 9.97. The second-order valence-corrected chi connectivity index (χ2v) is 8.15. The highest BCUT2D eigenvalue weighted by atomic mass is 16.2. The fraction of sp³-hybridized carbons (Fsp3) is 0.654. The quantitative estimate of drug-likeness (QED) is 0.104. The number of hydrogen-bond donors (Lipinski definition) is 0. The first-order valence-electron chi connectivity index (χ1n) is 11.8. The lowest BCUT2D eigenvalue weighted by Gasteiger charge is -2.06. The minimum Gasteiger partial charge on any atom is -0.294 e. The van der Waals surface area contributed by atoms with Gasteiger partial charge in [-0.1, -0.05) is 121 Å². The zero-order valence-electron chi connectivity index (χ0n) is 18.4. The van der Waals surface area contributed by atoms with E-state index in [0.29, 0.717) is 12.0 Å². The zero-order valence-corrected chi connectivity index (χ0v) is 18.4. The number of carbonyl (C=O) groups excluding carboxylic acids is 3. The van der Waals surface area contributed by atoms with Gasteiger partial charge in [0.15, 0.2) is 12.1 Å². The SMILES string of the molecule is CCCCCCCCCCCCCCCCCC(=O)c1ccccc1C(=O)C=O. The molecule has 1 aromatic rings. The molecule has 0 fully saturated rings. The van der Waals surface area contributed by atoms with Crippen LogP contribution in [0.4, 0.5) is 0 Å². The molecule has 0 saturated carbocycles. The van der Waals surface area contributed by atoms with Crippen LogP contribution in [-0.4, -0.2) is 17.9 Å². The standard InChI is InChI=1S/C26H40O3/c1-2-3-4-5-6-7-8-9-10-11-12-13-14-15-16-21-25(28)23-19-17-18-20-24(23)26(29)22-27/h17-20,22H,2-16,21H2,1H3. The topological polar surface area (TPSA) is 51.2 Å². The van der Waals surface area contributed by atoms with Gasteiger partial charge in [0.2, 0.25) is 5.78 Å². The minimum absolute atomic E-state index is 0.0366. The Morgan fingerprint density at radius 1 is 0.655 bits per heavy atom. The van der Waals surface area contributed by atoms with Gasteiger partial charge in [-0.2, -0.15) is 0 Å². The molecule has 0 saturated heterocycles.